The first kappa shape index (κ1) is 16.0. The molecule has 1 atom stereocenters. The summed E-state index contributed by atoms with van der Waals surface area (Å²) in [4.78, 5) is 0. The van der Waals surface area contributed by atoms with Gasteiger partial charge in [0.25, 0.3) is 0 Å². The molecule has 0 fully saturated rings. The van der Waals surface area contributed by atoms with Crippen molar-refractivity contribution in [2.24, 2.45) is 0 Å². The average molecular weight is 359 g/mol. The Morgan fingerprint density at radius 2 is 1.90 bits per heavy atom. The maximum atomic E-state index is 5.45. The summed E-state index contributed by atoms with van der Waals surface area (Å²) in [5, 5.41) is 1.74. The molecule has 1 aliphatic rings. The Hall–Kier alpha value is -0.350. The van der Waals surface area contributed by atoms with Crippen molar-refractivity contribution in [2.75, 3.05) is 25.3 Å². The Morgan fingerprint density at radius 1 is 1.15 bits per heavy atom. The van der Waals surface area contributed by atoms with Gasteiger partial charge in [0.15, 0.2) is 11.5 Å². The highest BCUT2D eigenvalue weighted by Crippen LogP contribution is 2.44. The van der Waals surface area contributed by atoms with Gasteiger partial charge in [0, 0.05) is 10.6 Å². The summed E-state index contributed by atoms with van der Waals surface area (Å²) in [6, 6.07) is 4.36. The van der Waals surface area contributed by atoms with Crippen LogP contribution in [0.1, 0.15) is 42.1 Å². The number of benzene rings is 1. The number of alkyl halides is 1. The number of thioether (sulfide) groups is 1. The van der Waals surface area contributed by atoms with Crippen LogP contribution in [0, 0.1) is 0 Å². The summed E-state index contributed by atoms with van der Waals surface area (Å²) in [6.07, 6.45) is 6.29. The molecule has 0 saturated heterocycles. The standard InChI is InChI=1S/C16H23BrO2S/c1-18-14-10-12-7-9-20-16(6-4-3-5-8-17)13(12)11-15(14)19-2/h10-11,16H,3-9H2,1-2H3. The van der Waals surface area contributed by atoms with E-state index in [0.29, 0.717) is 5.25 Å². The maximum absolute atomic E-state index is 5.45. The molecular weight excluding hydrogens is 336 g/mol. The molecule has 0 spiro atoms. The molecule has 0 aromatic heterocycles. The van der Waals surface area contributed by atoms with Crippen LogP contribution in [0.25, 0.3) is 0 Å². The monoisotopic (exact) mass is 358 g/mol. The lowest BCUT2D eigenvalue weighted by Crippen LogP contribution is -2.09. The minimum absolute atomic E-state index is 0.619. The number of aryl methyl sites for hydroxylation is 1. The van der Waals surface area contributed by atoms with E-state index >= 15 is 0 Å². The van der Waals surface area contributed by atoms with Gasteiger partial charge in [-0.3, -0.25) is 0 Å². The van der Waals surface area contributed by atoms with E-state index in [4.69, 9.17) is 9.47 Å². The van der Waals surface area contributed by atoms with Crippen LogP contribution < -0.4 is 9.47 Å². The first-order valence-corrected chi connectivity index (χ1v) is 9.39. The summed E-state index contributed by atoms with van der Waals surface area (Å²) in [6.45, 7) is 0. The predicted octanol–water partition coefficient (Wildman–Crippen LogP) is 4.99. The van der Waals surface area contributed by atoms with Gasteiger partial charge in [-0.25, -0.2) is 0 Å². The Labute approximate surface area is 134 Å². The molecule has 112 valence electrons. The van der Waals surface area contributed by atoms with Gasteiger partial charge in [0.2, 0.25) is 0 Å². The Kier molecular flexibility index (Phi) is 6.56. The molecule has 1 aliphatic heterocycles. The number of ether oxygens (including phenoxy) is 2. The van der Waals surface area contributed by atoms with Crippen LogP contribution in [-0.4, -0.2) is 25.3 Å². The molecule has 2 rings (SSSR count). The van der Waals surface area contributed by atoms with Gasteiger partial charge in [-0.1, -0.05) is 28.8 Å². The molecule has 0 radical (unpaired) electrons. The topological polar surface area (TPSA) is 18.5 Å². The molecular formula is C16H23BrO2S. The van der Waals surface area contributed by atoms with Crippen LogP contribution in [0.15, 0.2) is 12.1 Å². The lowest BCUT2D eigenvalue weighted by molar-refractivity contribution is 0.354. The average Bonchev–Trinajstić information content (AvgIpc) is 2.50. The molecule has 20 heavy (non-hydrogen) atoms. The number of methoxy groups -OCH3 is 2. The third kappa shape index (κ3) is 3.85. The molecule has 0 N–H and O–H groups in total. The zero-order chi connectivity index (χ0) is 14.4. The second-order valence-corrected chi connectivity index (χ2v) is 7.16. The number of fused-ring (bicyclic) bond motifs is 1. The zero-order valence-electron chi connectivity index (χ0n) is 12.3. The fraction of sp³-hybridized carbons (Fsp3) is 0.625. The Balaban J connectivity index is 2.12. The third-order valence-electron chi connectivity index (χ3n) is 3.78. The molecule has 0 amide bonds. The van der Waals surface area contributed by atoms with E-state index in [-0.39, 0.29) is 0 Å². The van der Waals surface area contributed by atoms with Crippen molar-refractivity contribution in [1.82, 2.24) is 0 Å². The van der Waals surface area contributed by atoms with Crippen molar-refractivity contribution in [3.05, 3.63) is 23.3 Å². The van der Waals surface area contributed by atoms with Crippen molar-refractivity contribution in [2.45, 2.75) is 37.4 Å². The van der Waals surface area contributed by atoms with Crippen LogP contribution in [-0.2, 0) is 6.42 Å². The van der Waals surface area contributed by atoms with E-state index in [1.807, 2.05) is 0 Å². The van der Waals surface area contributed by atoms with E-state index in [1.54, 1.807) is 14.2 Å². The van der Waals surface area contributed by atoms with Crippen LogP contribution in [0.5, 0.6) is 11.5 Å². The molecule has 1 aromatic rings. The van der Waals surface area contributed by atoms with E-state index in [1.165, 1.54) is 42.6 Å². The molecule has 2 nitrogen and oxygen atoms in total. The number of unbranched alkanes of at least 4 members (excludes halogenated alkanes) is 2. The minimum atomic E-state index is 0.619. The molecule has 0 aliphatic carbocycles. The predicted molar refractivity (Wildman–Crippen MR) is 90.7 cm³/mol. The molecule has 1 aromatic carbocycles. The number of hydrogen-bond acceptors (Lipinski definition) is 3. The maximum Gasteiger partial charge on any atom is 0.161 e. The Morgan fingerprint density at radius 3 is 2.60 bits per heavy atom. The zero-order valence-corrected chi connectivity index (χ0v) is 14.7. The van der Waals surface area contributed by atoms with Gasteiger partial charge in [0.05, 0.1) is 14.2 Å². The van der Waals surface area contributed by atoms with Crippen molar-refractivity contribution >= 4 is 27.7 Å². The van der Waals surface area contributed by atoms with Crippen LogP contribution in [0.3, 0.4) is 0 Å². The van der Waals surface area contributed by atoms with Gasteiger partial charge in [-0.15, -0.1) is 0 Å². The van der Waals surface area contributed by atoms with Gasteiger partial charge >= 0.3 is 0 Å². The highest BCUT2D eigenvalue weighted by atomic mass is 79.9. The van der Waals surface area contributed by atoms with Crippen LogP contribution >= 0.6 is 27.7 Å². The summed E-state index contributed by atoms with van der Waals surface area (Å²) < 4.78 is 10.9. The first-order valence-electron chi connectivity index (χ1n) is 7.22. The van der Waals surface area contributed by atoms with Gasteiger partial charge in [0.1, 0.15) is 0 Å². The molecule has 0 bridgehead atoms. The third-order valence-corrected chi connectivity index (χ3v) is 5.68. The lowest BCUT2D eigenvalue weighted by atomic mass is 9.97. The van der Waals surface area contributed by atoms with E-state index in [0.717, 1.165) is 23.2 Å². The van der Waals surface area contributed by atoms with E-state index in [2.05, 4.69) is 39.8 Å². The van der Waals surface area contributed by atoms with Crippen LogP contribution in [0.4, 0.5) is 0 Å². The summed E-state index contributed by atoms with van der Waals surface area (Å²) in [5.74, 6) is 2.93. The summed E-state index contributed by atoms with van der Waals surface area (Å²) in [5.41, 5.74) is 2.89. The largest absolute Gasteiger partial charge is 0.493 e. The second kappa shape index (κ2) is 8.18. The van der Waals surface area contributed by atoms with E-state index < -0.39 is 0 Å². The second-order valence-electron chi connectivity index (χ2n) is 5.05. The van der Waals surface area contributed by atoms with Crippen molar-refractivity contribution in [1.29, 1.82) is 0 Å². The fourth-order valence-electron chi connectivity index (χ4n) is 2.69. The van der Waals surface area contributed by atoms with Crippen molar-refractivity contribution in [3.8, 4) is 11.5 Å². The van der Waals surface area contributed by atoms with Gasteiger partial charge in [-0.05, 0) is 48.3 Å². The minimum Gasteiger partial charge on any atom is -0.493 e. The Bertz CT molecular complexity index is 437. The van der Waals surface area contributed by atoms with Gasteiger partial charge in [-0.2, -0.15) is 11.8 Å². The normalized spacial score (nSPS) is 17.6. The highest BCUT2D eigenvalue weighted by molar-refractivity contribution is 9.09. The van der Waals surface area contributed by atoms with E-state index in [9.17, 15) is 0 Å². The van der Waals surface area contributed by atoms with Crippen molar-refractivity contribution in [3.63, 3.8) is 0 Å². The lowest BCUT2D eigenvalue weighted by Gasteiger charge is -2.26. The molecule has 1 unspecified atom stereocenters. The molecule has 4 heteroatoms. The number of halogens is 1. The first-order chi connectivity index (χ1) is 9.80. The molecule has 1 heterocycles. The van der Waals surface area contributed by atoms with Gasteiger partial charge < -0.3 is 9.47 Å². The van der Waals surface area contributed by atoms with Crippen LogP contribution in [0.2, 0.25) is 0 Å². The quantitative estimate of drug-likeness (QED) is 0.505. The molecule has 0 saturated carbocycles. The van der Waals surface area contributed by atoms with Crippen molar-refractivity contribution < 1.29 is 9.47 Å². The summed E-state index contributed by atoms with van der Waals surface area (Å²) >= 11 is 5.59. The SMILES string of the molecule is COc1cc2c(cc1OC)C(CCCCCBr)SCC2. The number of hydrogen-bond donors (Lipinski definition) is 0. The number of rotatable bonds is 7. The smallest absolute Gasteiger partial charge is 0.161 e. The summed E-state index contributed by atoms with van der Waals surface area (Å²) in [7, 11) is 3.42. The fourth-order valence-corrected chi connectivity index (χ4v) is 4.44. The highest BCUT2D eigenvalue weighted by Gasteiger charge is 2.23.